The van der Waals surface area contributed by atoms with Crippen LogP contribution >= 0.6 is 11.3 Å². The maximum Gasteiger partial charge on any atom is 0.291 e. The molecule has 0 fully saturated rings. The third-order valence-corrected chi connectivity index (χ3v) is 8.29. The minimum atomic E-state index is -0.197. The zero-order valence-electron chi connectivity index (χ0n) is 25.1. The van der Waals surface area contributed by atoms with Crippen LogP contribution in [0, 0.1) is 5.92 Å². The average Bonchev–Trinajstić information content (AvgIpc) is 3.68. The molecule has 6 rings (SSSR count). The van der Waals surface area contributed by atoms with Gasteiger partial charge in [-0.15, -0.1) is 5.10 Å². The molecule has 7 nitrogen and oxygen atoms in total. The van der Waals surface area contributed by atoms with Crippen LogP contribution in [0.4, 0.5) is 0 Å². The second kappa shape index (κ2) is 11.6. The summed E-state index contributed by atoms with van der Waals surface area (Å²) < 4.78 is 9.71. The van der Waals surface area contributed by atoms with Gasteiger partial charge in [0.05, 0.1) is 16.8 Å². The van der Waals surface area contributed by atoms with E-state index in [0.29, 0.717) is 27.8 Å². The lowest BCUT2D eigenvalue weighted by atomic mass is 9.87. The Hall–Kier alpha value is -4.56. The molecule has 0 amide bonds. The van der Waals surface area contributed by atoms with Crippen molar-refractivity contribution in [3.63, 3.8) is 0 Å². The van der Waals surface area contributed by atoms with Crippen LogP contribution in [-0.4, -0.2) is 31.0 Å². The number of fused-ring (bicyclic) bond motifs is 1. The highest BCUT2D eigenvalue weighted by Gasteiger charge is 2.17. The van der Waals surface area contributed by atoms with Gasteiger partial charge in [0.2, 0.25) is 4.96 Å². The van der Waals surface area contributed by atoms with Gasteiger partial charge in [0, 0.05) is 22.9 Å². The van der Waals surface area contributed by atoms with Gasteiger partial charge in [-0.2, -0.15) is 14.6 Å². The number of hydrogen-bond donors (Lipinski definition) is 0. The smallest absolute Gasteiger partial charge is 0.291 e. The Morgan fingerprint density at radius 1 is 0.907 bits per heavy atom. The molecule has 3 aromatic carbocycles. The normalized spacial score (nSPS) is 12.5. The van der Waals surface area contributed by atoms with E-state index in [9.17, 15) is 4.79 Å². The standard InChI is InChI=1S/C35H35N5O2S/c1-23(2)19-20-42-29-17-13-24(14-18-29)31-26(22-39(37-31)28-9-7-6-8-10-28)21-30-33(41)40-34(43-30)36-32(38-40)25-11-15-27(16-12-25)35(3,4)5/h6-18,21-23H,19-20H2,1-5H3/b30-21+. The molecule has 0 atom stereocenters. The largest absolute Gasteiger partial charge is 0.494 e. The molecular formula is C35H35N5O2S. The number of rotatable bonds is 8. The average molecular weight is 590 g/mol. The molecule has 0 saturated heterocycles. The van der Waals surface area contributed by atoms with Crippen molar-refractivity contribution in [2.24, 2.45) is 5.92 Å². The fourth-order valence-electron chi connectivity index (χ4n) is 4.77. The van der Waals surface area contributed by atoms with Gasteiger partial charge in [-0.3, -0.25) is 4.79 Å². The molecule has 6 aromatic rings. The van der Waals surface area contributed by atoms with E-state index in [-0.39, 0.29) is 11.0 Å². The highest BCUT2D eigenvalue weighted by molar-refractivity contribution is 7.15. The Morgan fingerprint density at radius 3 is 2.26 bits per heavy atom. The first-order valence-corrected chi connectivity index (χ1v) is 15.4. The van der Waals surface area contributed by atoms with Crippen LogP contribution in [0.15, 0.2) is 89.9 Å². The molecule has 0 saturated carbocycles. The van der Waals surface area contributed by atoms with Crippen LogP contribution in [0.1, 0.15) is 52.2 Å². The molecule has 3 heterocycles. The van der Waals surface area contributed by atoms with E-state index in [1.807, 2.05) is 83.7 Å². The number of nitrogens with zero attached hydrogens (tertiary/aromatic N) is 5. The van der Waals surface area contributed by atoms with Gasteiger partial charge in [-0.05, 0) is 65.8 Å². The second-order valence-corrected chi connectivity index (χ2v) is 13.2. The number of para-hydroxylation sites is 1. The molecule has 0 spiro atoms. The lowest BCUT2D eigenvalue weighted by Crippen LogP contribution is -2.23. The van der Waals surface area contributed by atoms with Crippen molar-refractivity contribution in [1.82, 2.24) is 24.4 Å². The van der Waals surface area contributed by atoms with Gasteiger partial charge in [-0.25, -0.2) is 4.68 Å². The zero-order chi connectivity index (χ0) is 30.1. The monoisotopic (exact) mass is 589 g/mol. The Labute approximate surface area is 255 Å². The van der Waals surface area contributed by atoms with Crippen molar-refractivity contribution in [3.05, 3.63) is 111 Å². The van der Waals surface area contributed by atoms with Gasteiger partial charge < -0.3 is 4.74 Å². The molecule has 218 valence electrons. The molecule has 0 aliphatic carbocycles. The van der Waals surface area contributed by atoms with Crippen LogP contribution in [0.25, 0.3) is 39.4 Å². The summed E-state index contributed by atoms with van der Waals surface area (Å²) in [7, 11) is 0. The molecule has 3 aromatic heterocycles. The molecule has 0 aliphatic rings. The number of thiazole rings is 1. The molecule has 43 heavy (non-hydrogen) atoms. The van der Waals surface area contributed by atoms with Crippen molar-refractivity contribution in [3.8, 4) is 34.1 Å². The molecule has 0 N–H and O–H groups in total. The van der Waals surface area contributed by atoms with Crippen LogP contribution in [-0.2, 0) is 5.41 Å². The third-order valence-electron chi connectivity index (χ3n) is 7.33. The Morgan fingerprint density at radius 2 is 1.60 bits per heavy atom. The fourth-order valence-corrected chi connectivity index (χ4v) is 5.67. The quantitative estimate of drug-likeness (QED) is 0.192. The fraction of sp³-hybridized carbons (Fsp3) is 0.257. The Kier molecular flexibility index (Phi) is 7.71. The minimum absolute atomic E-state index is 0.0594. The second-order valence-electron chi connectivity index (χ2n) is 12.1. The van der Waals surface area contributed by atoms with E-state index in [0.717, 1.165) is 40.2 Å². The first-order chi connectivity index (χ1) is 20.7. The third kappa shape index (κ3) is 6.15. The highest BCUT2D eigenvalue weighted by atomic mass is 32.1. The van der Waals surface area contributed by atoms with Crippen molar-refractivity contribution in [2.45, 2.75) is 46.5 Å². The van der Waals surface area contributed by atoms with Gasteiger partial charge >= 0.3 is 0 Å². The van der Waals surface area contributed by atoms with Gasteiger partial charge in [-0.1, -0.05) is 88.4 Å². The van der Waals surface area contributed by atoms with Gasteiger partial charge in [0.15, 0.2) is 5.82 Å². The maximum atomic E-state index is 13.5. The maximum absolute atomic E-state index is 13.5. The summed E-state index contributed by atoms with van der Waals surface area (Å²) in [4.78, 5) is 18.7. The van der Waals surface area contributed by atoms with Gasteiger partial charge in [0.1, 0.15) is 11.4 Å². The summed E-state index contributed by atoms with van der Waals surface area (Å²) >= 11 is 1.33. The SMILES string of the molecule is CC(C)CCOc1ccc(-c2nn(-c3ccccc3)cc2/C=c2/sc3nc(-c4ccc(C(C)(C)C)cc4)nn3c2=O)cc1. The van der Waals surface area contributed by atoms with Crippen LogP contribution in [0.3, 0.4) is 0 Å². The first kappa shape index (κ1) is 28.6. The molecule has 0 aliphatic heterocycles. The van der Waals surface area contributed by atoms with E-state index in [4.69, 9.17) is 14.8 Å². The Balaban J connectivity index is 1.36. The predicted octanol–water partition coefficient (Wildman–Crippen LogP) is 6.94. The molecular weight excluding hydrogens is 554 g/mol. The lowest BCUT2D eigenvalue weighted by Gasteiger charge is -2.18. The topological polar surface area (TPSA) is 74.3 Å². The summed E-state index contributed by atoms with van der Waals surface area (Å²) in [6.07, 6.45) is 4.84. The summed E-state index contributed by atoms with van der Waals surface area (Å²) in [5.74, 6) is 1.96. The van der Waals surface area contributed by atoms with E-state index >= 15 is 0 Å². The van der Waals surface area contributed by atoms with Gasteiger partial charge in [0.25, 0.3) is 5.56 Å². The zero-order valence-corrected chi connectivity index (χ0v) is 25.9. The predicted molar refractivity (Wildman–Crippen MR) is 174 cm³/mol. The van der Waals surface area contributed by atoms with E-state index in [1.165, 1.54) is 21.4 Å². The van der Waals surface area contributed by atoms with E-state index < -0.39 is 0 Å². The highest BCUT2D eigenvalue weighted by Crippen LogP contribution is 2.28. The lowest BCUT2D eigenvalue weighted by molar-refractivity contribution is 0.289. The van der Waals surface area contributed by atoms with Crippen molar-refractivity contribution in [2.75, 3.05) is 6.61 Å². The van der Waals surface area contributed by atoms with Crippen LogP contribution < -0.4 is 14.8 Å². The molecule has 0 unspecified atom stereocenters. The van der Waals surface area contributed by atoms with Crippen molar-refractivity contribution >= 4 is 22.4 Å². The summed E-state index contributed by atoms with van der Waals surface area (Å²) in [5.41, 5.74) is 5.46. The van der Waals surface area contributed by atoms with Crippen molar-refractivity contribution in [1.29, 1.82) is 0 Å². The first-order valence-electron chi connectivity index (χ1n) is 14.6. The van der Waals surface area contributed by atoms with Crippen LogP contribution in [0.5, 0.6) is 5.75 Å². The summed E-state index contributed by atoms with van der Waals surface area (Å²) in [6.45, 7) is 11.6. The van der Waals surface area contributed by atoms with Crippen LogP contribution in [0.2, 0.25) is 0 Å². The number of hydrogen-bond acceptors (Lipinski definition) is 6. The minimum Gasteiger partial charge on any atom is -0.494 e. The summed E-state index contributed by atoms with van der Waals surface area (Å²) in [6, 6.07) is 26.1. The number of aromatic nitrogens is 5. The number of ether oxygens (including phenoxy) is 1. The Bertz CT molecular complexity index is 1960. The summed E-state index contributed by atoms with van der Waals surface area (Å²) in [5, 5.41) is 9.48. The number of benzene rings is 3. The molecule has 0 radical (unpaired) electrons. The molecule has 0 bridgehead atoms. The van der Waals surface area contributed by atoms with E-state index in [2.05, 4.69) is 51.9 Å². The van der Waals surface area contributed by atoms with Crippen molar-refractivity contribution < 1.29 is 4.74 Å². The van der Waals surface area contributed by atoms with E-state index in [1.54, 1.807) is 0 Å². The molecule has 8 heteroatoms.